The van der Waals surface area contributed by atoms with Crippen LogP contribution >= 0.6 is 0 Å². The Bertz CT molecular complexity index is 399. The number of rotatable bonds is 3. The average molecular weight is 262 g/mol. The molecule has 2 unspecified atom stereocenters. The molecule has 0 bridgehead atoms. The maximum Gasteiger partial charge on any atom is 0.0446 e. The van der Waals surface area contributed by atoms with Gasteiger partial charge in [0.1, 0.15) is 0 Å². The second kappa shape index (κ2) is 6.40. The van der Waals surface area contributed by atoms with Gasteiger partial charge in [0.15, 0.2) is 0 Å². The summed E-state index contributed by atoms with van der Waals surface area (Å²) in [6.45, 7) is 8.93. The summed E-state index contributed by atoms with van der Waals surface area (Å²) in [6.07, 6.45) is 1.97. The van der Waals surface area contributed by atoms with Gasteiger partial charge in [-0.05, 0) is 44.7 Å². The minimum Gasteiger partial charge on any atom is -0.396 e. The van der Waals surface area contributed by atoms with Gasteiger partial charge in [-0.25, -0.2) is 0 Å². The van der Waals surface area contributed by atoms with E-state index in [4.69, 9.17) is 0 Å². The Kier molecular flexibility index (Phi) is 4.83. The van der Waals surface area contributed by atoms with Crippen LogP contribution in [0.1, 0.15) is 30.9 Å². The van der Waals surface area contributed by atoms with Crippen molar-refractivity contribution in [3.8, 4) is 0 Å². The fraction of sp³-hybridized carbons (Fsp3) is 0.625. The quantitative estimate of drug-likeness (QED) is 0.877. The van der Waals surface area contributed by atoms with Crippen molar-refractivity contribution >= 4 is 5.69 Å². The average Bonchev–Trinajstić information content (AvgIpc) is 2.52. The van der Waals surface area contributed by atoms with Crippen molar-refractivity contribution in [3.05, 3.63) is 29.3 Å². The molecule has 0 amide bonds. The Labute approximate surface area is 116 Å². The van der Waals surface area contributed by atoms with E-state index in [9.17, 15) is 5.11 Å². The van der Waals surface area contributed by atoms with E-state index in [0.717, 1.165) is 25.9 Å². The predicted octanol–water partition coefficient (Wildman–Crippen LogP) is 2.24. The highest BCUT2D eigenvalue weighted by Crippen LogP contribution is 2.26. The summed E-state index contributed by atoms with van der Waals surface area (Å²) in [5.41, 5.74) is 4.07. The maximum absolute atomic E-state index is 9.20. The van der Waals surface area contributed by atoms with Gasteiger partial charge < -0.3 is 15.3 Å². The minimum atomic E-state index is 0.255. The topological polar surface area (TPSA) is 35.5 Å². The van der Waals surface area contributed by atoms with E-state index in [0.29, 0.717) is 12.1 Å². The van der Waals surface area contributed by atoms with Crippen LogP contribution < -0.4 is 10.2 Å². The lowest BCUT2D eigenvalue weighted by Crippen LogP contribution is -2.41. The van der Waals surface area contributed by atoms with Crippen LogP contribution in [0.3, 0.4) is 0 Å². The van der Waals surface area contributed by atoms with Crippen molar-refractivity contribution in [2.75, 3.05) is 24.6 Å². The first-order valence-electron chi connectivity index (χ1n) is 7.30. The number of hydrogen-bond donors (Lipinski definition) is 2. The number of aliphatic hydroxyl groups excluding tert-OH is 1. The number of nitrogens with one attached hydrogen (secondary N) is 1. The molecule has 0 saturated carbocycles. The van der Waals surface area contributed by atoms with Crippen LogP contribution in [-0.2, 0) is 0 Å². The molecule has 3 heteroatoms. The van der Waals surface area contributed by atoms with Crippen LogP contribution in [0.2, 0.25) is 0 Å². The fourth-order valence-corrected chi connectivity index (χ4v) is 3.08. The number of para-hydroxylation sites is 1. The fourth-order valence-electron chi connectivity index (χ4n) is 3.08. The molecule has 1 aromatic carbocycles. The predicted molar refractivity (Wildman–Crippen MR) is 80.8 cm³/mol. The Morgan fingerprint density at radius 3 is 2.63 bits per heavy atom. The lowest BCUT2D eigenvalue weighted by molar-refractivity contribution is 0.263. The summed E-state index contributed by atoms with van der Waals surface area (Å²) >= 11 is 0. The van der Waals surface area contributed by atoms with Crippen molar-refractivity contribution in [3.63, 3.8) is 0 Å². The molecule has 1 aliphatic rings. The molecule has 19 heavy (non-hydrogen) atoms. The molecule has 1 saturated heterocycles. The molecule has 2 atom stereocenters. The first-order chi connectivity index (χ1) is 9.11. The van der Waals surface area contributed by atoms with Crippen LogP contribution in [0.5, 0.6) is 0 Å². The van der Waals surface area contributed by atoms with E-state index >= 15 is 0 Å². The highest BCUT2D eigenvalue weighted by molar-refractivity contribution is 5.59. The van der Waals surface area contributed by atoms with Gasteiger partial charge in [0.2, 0.25) is 0 Å². The lowest BCUT2D eigenvalue weighted by atomic mass is 10.1. The van der Waals surface area contributed by atoms with Gasteiger partial charge in [-0.15, -0.1) is 0 Å². The monoisotopic (exact) mass is 262 g/mol. The Balaban J connectivity index is 2.22. The van der Waals surface area contributed by atoms with Crippen LogP contribution in [0.15, 0.2) is 18.2 Å². The standard InChI is InChI=1S/C16H26N2O/c1-12-5-4-6-13(2)16(12)18-9-7-14(3)17-15(11-18)8-10-19/h4-6,14-15,17,19H,7-11H2,1-3H3. The first-order valence-corrected chi connectivity index (χ1v) is 7.30. The zero-order valence-corrected chi connectivity index (χ0v) is 12.3. The molecular formula is C16H26N2O. The summed E-state index contributed by atoms with van der Waals surface area (Å²) in [6, 6.07) is 7.39. The van der Waals surface area contributed by atoms with E-state index in [1.165, 1.54) is 16.8 Å². The van der Waals surface area contributed by atoms with Crippen molar-refractivity contribution < 1.29 is 5.11 Å². The number of aryl methyl sites for hydroxylation is 2. The van der Waals surface area contributed by atoms with Gasteiger partial charge in [0.05, 0.1) is 0 Å². The van der Waals surface area contributed by atoms with E-state index in [1.807, 2.05) is 0 Å². The smallest absolute Gasteiger partial charge is 0.0446 e. The summed E-state index contributed by atoms with van der Waals surface area (Å²) in [5, 5.41) is 12.8. The summed E-state index contributed by atoms with van der Waals surface area (Å²) < 4.78 is 0. The van der Waals surface area contributed by atoms with Gasteiger partial charge in [-0.1, -0.05) is 18.2 Å². The van der Waals surface area contributed by atoms with Gasteiger partial charge in [0, 0.05) is 37.5 Å². The maximum atomic E-state index is 9.20. The number of anilines is 1. The molecule has 1 heterocycles. The second-order valence-electron chi connectivity index (χ2n) is 5.75. The van der Waals surface area contributed by atoms with E-state index in [-0.39, 0.29) is 6.61 Å². The molecule has 0 aromatic heterocycles. The van der Waals surface area contributed by atoms with Crippen LogP contribution in [0.25, 0.3) is 0 Å². The van der Waals surface area contributed by atoms with Crippen LogP contribution in [0, 0.1) is 13.8 Å². The van der Waals surface area contributed by atoms with E-state index < -0.39 is 0 Å². The highest BCUT2D eigenvalue weighted by atomic mass is 16.3. The van der Waals surface area contributed by atoms with Crippen molar-refractivity contribution in [1.82, 2.24) is 5.32 Å². The minimum absolute atomic E-state index is 0.255. The molecule has 1 fully saturated rings. The number of aliphatic hydroxyl groups is 1. The highest BCUT2D eigenvalue weighted by Gasteiger charge is 2.22. The zero-order chi connectivity index (χ0) is 13.8. The third kappa shape index (κ3) is 3.48. The Morgan fingerprint density at radius 1 is 1.32 bits per heavy atom. The largest absolute Gasteiger partial charge is 0.396 e. The number of nitrogens with zero attached hydrogens (tertiary/aromatic N) is 1. The molecular weight excluding hydrogens is 236 g/mol. The van der Waals surface area contributed by atoms with Gasteiger partial charge in [-0.2, -0.15) is 0 Å². The summed E-state index contributed by atoms with van der Waals surface area (Å²) in [5.74, 6) is 0. The molecule has 2 rings (SSSR count). The Morgan fingerprint density at radius 2 is 2.00 bits per heavy atom. The molecule has 1 aromatic rings. The second-order valence-corrected chi connectivity index (χ2v) is 5.75. The lowest BCUT2D eigenvalue weighted by Gasteiger charge is -2.29. The van der Waals surface area contributed by atoms with Crippen molar-refractivity contribution in [2.24, 2.45) is 0 Å². The zero-order valence-electron chi connectivity index (χ0n) is 12.3. The molecule has 0 aliphatic carbocycles. The van der Waals surface area contributed by atoms with Crippen LogP contribution in [-0.4, -0.2) is 36.9 Å². The molecule has 0 spiro atoms. The van der Waals surface area contributed by atoms with Crippen LogP contribution in [0.4, 0.5) is 5.69 Å². The number of benzene rings is 1. The summed E-state index contributed by atoms with van der Waals surface area (Å²) in [7, 11) is 0. The SMILES string of the molecule is Cc1cccc(C)c1N1CCC(C)NC(CCO)C1. The number of hydrogen-bond acceptors (Lipinski definition) is 3. The molecule has 3 nitrogen and oxygen atoms in total. The first kappa shape index (κ1) is 14.4. The van der Waals surface area contributed by atoms with E-state index in [2.05, 4.69) is 49.2 Å². The van der Waals surface area contributed by atoms with E-state index in [1.54, 1.807) is 0 Å². The molecule has 106 valence electrons. The Hall–Kier alpha value is -1.06. The summed E-state index contributed by atoms with van der Waals surface area (Å²) in [4.78, 5) is 2.49. The van der Waals surface area contributed by atoms with Crippen molar-refractivity contribution in [2.45, 2.75) is 45.7 Å². The molecule has 0 radical (unpaired) electrons. The molecule has 2 N–H and O–H groups in total. The normalized spacial score (nSPS) is 24.3. The van der Waals surface area contributed by atoms with Crippen molar-refractivity contribution in [1.29, 1.82) is 0 Å². The third-order valence-corrected chi connectivity index (χ3v) is 4.03. The third-order valence-electron chi connectivity index (χ3n) is 4.03. The molecule has 1 aliphatic heterocycles. The van der Waals surface area contributed by atoms with Gasteiger partial charge >= 0.3 is 0 Å². The van der Waals surface area contributed by atoms with Gasteiger partial charge in [-0.3, -0.25) is 0 Å². The van der Waals surface area contributed by atoms with Gasteiger partial charge in [0.25, 0.3) is 0 Å².